The van der Waals surface area contributed by atoms with Gasteiger partial charge >= 0.3 is 39.5 Å². The summed E-state index contributed by atoms with van der Waals surface area (Å²) in [5, 5.41) is 10.7. The van der Waals surface area contributed by atoms with Crippen molar-refractivity contribution in [3.05, 3.63) is 0 Å². The second kappa shape index (κ2) is 73.6. The molecule has 0 aliphatic rings. The Hall–Kier alpha value is -1.94. The maximum atomic E-state index is 13.1. The molecule has 0 aromatic carbocycles. The van der Waals surface area contributed by atoms with Gasteiger partial charge in [-0.05, 0) is 37.5 Å². The van der Waals surface area contributed by atoms with E-state index in [1.165, 1.54) is 244 Å². The number of hydrogen-bond donors (Lipinski definition) is 3. The summed E-state index contributed by atoms with van der Waals surface area (Å²) in [5.74, 6) is -0.585. The Morgan fingerprint density at radius 3 is 0.752 bits per heavy atom. The van der Waals surface area contributed by atoms with Gasteiger partial charge in [-0.15, -0.1) is 0 Å². The Balaban J connectivity index is 5.24. The zero-order valence-corrected chi connectivity index (χ0v) is 68.0. The van der Waals surface area contributed by atoms with Crippen molar-refractivity contribution in [2.75, 3.05) is 39.6 Å². The average molecular weight is 1480 g/mol. The van der Waals surface area contributed by atoms with Gasteiger partial charge in [-0.1, -0.05) is 382 Å². The fourth-order valence-corrected chi connectivity index (χ4v) is 14.3. The fraction of sp³-hybridized carbons (Fsp3) is 0.951. The molecular formula is C82H160O17P2. The Kier molecular flexibility index (Phi) is 72.2. The van der Waals surface area contributed by atoms with E-state index in [1.54, 1.807) is 0 Å². The standard InChI is InChI=1S/C82H160O17P2/c1-7-10-12-14-16-18-20-22-24-26-27-28-30-34-39-43-47-55-61-66-81(86)98-77(70-92-79(84)64-58-52-45-41-37-35-31-32-36-40-44-50-56-62-74(4)5)72-96-100(88,89)94-68-76(83)69-95-101(90,91)97-73-78(71-93-80(85)65-59-53-49-48-51-57-63-75(6)9-3)99-82(87)67-60-54-46-42-38-33-29-25-23-21-19-17-15-13-11-8-2/h74-78,83H,7-73H2,1-6H3,(H,88,89)(H,90,91)/t75?,76-,77-,78-/m1/s1. The zero-order chi connectivity index (χ0) is 74.2. The molecule has 0 saturated carbocycles. The third-order valence-electron chi connectivity index (χ3n) is 19.6. The summed E-state index contributed by atoms with van der Waals surface area (Å²) in [6.45, 7) is 9.63. The molecule has 0 aliphatic heterocycles. The molecule has 600 valence electrons. The van der Waals surface area contributed by atoms with Gasteiger partial charge in [-0.25, -0.2) is 9.13 Å². The van der Waals surface area contributed by atoms with E-state index < -0.39 is 97.5 Å². The van der Waals surface area contributed by atoms with Crippen LogP contribution in [-0.2, 0) is 65.4 Å². The molecule has 3 unspecified atom stereocenters. The van der Waals surface area contributed by atoms with Gasteiger partial charge < -0.3 is 33.8 Å². The average Bonchev–Trinajstić information content (AvgIpc) is 0.928. The molecule has 6 atom stereocenters. The molecule has 0 bridgehead atoms. The van der Waals surface area contributed by atoms with Crippen molar-refractivity contribution in [3.63, 3.8) is 0 Å². The topological polar surface area (TPSA) is 237 Å². The number of aliphatic hydroxyl groups is 1. The number of carbonyl (C=O) groups excluding carboxylic acids is 4. The van der Waals surface area contributed by atoms with E-state index in [2.05, 4.69) is 41.5 Å². The third-order valence-corrected chi connectivity index (χ3v) is 21.5. The highest BCUT2D eigenvalue weighted by atomic mass is 31.2. The first-order valence-corrected chi connectivity index (χ1v) is 45.5. The van der Waals surface area contributed by atoms with Crippen molar-refractivity contribution < 1.29 is 80.2 Å². The minimum atomic E-state index is -4.96. The first-order valence-electron chi connectivity index (χ1n) is 42.5. The van der Waals surface area contributed by atoms with Gasteiger partial charge in [0.25, 0.3) is 0 Å². The van der Waals surface area contributed by atoms with Crippen LogP contribution in [0.4, 0.5) is 0 Å². The molecule has 3 N–H and O–H groups in total. The smallest absolute Gasteiger partial charge is 0.462 e. The highest BCUT2D eigenvalue weighted by molar-refractivity contribution is 7.47. The molecule has 0 spiro atoms. The van der Waals surface area contributed by atoms with Gasteiger partial charge in [0.05, 0.1) is 26.4 Å². The van der Waals surface area contributed by atoms with Crippen LogP contribution in [0, 0.1) is 11.8 Å². The molecule has 19 heteroatoms. The van der Waals surface area contributed by atoms with Crippen LogP contribution in [0.5, 0.6) is 0 Å². The lowest BCUT2D eigenvalue weighted by molar-refractivity contribution is -0.161. The van der Waals surface area contributed by atoms with Crippen molar-refractivity contribution in [1.29, 1.82) is 0 Å². The summed E-state index contributed by atoms with van der Waals surface area (Å²) in [6, 6.07) is 0. The number of phosphoric acid groups is 2. The molecule has 0 saturated heterocycles. The molecule has 0 aromatic heterocycles. The summed E-state index contributed by atoms with van der Waals surface area (Å²) in [4.78, 5) is 73.1. The first kappa shape index (κ1) is 99.1. The largest absolute Gasteiger partial charge is 0.472 e. The molecule has 0 aromatic rings. The molecule has 0 fully saturated rings. The van der Waals surface area contributed by atoms with Crippen molar-refractivity contribution in [2.24, 2.45) is 11.8 Å². The van der Waals surface area contributed by atoms with Crippen LogP contribution in [0.3, 0.4) is 0 Å². The minimum absolute atomic E-state index is 0.108. The van der Waals surface area contributed by atoms with Crippen LogP contribution in [0.25, 0.3) is 0 Å². The number of esters is 4. The van der Waals surface area contributed by atoms with Gasteiger partial charge in [-0.3, -0.25) is 37.3 Å². The molecule has 0 heterocycles. The maximum Gasteiger partial charge on any atom is 0.472 e. The van der Waals surface area contributed by atoms with Crippen LogP contribution in [0.2, 0.25) is 0 Å². The van der Waals surface area contributed by atoms with Crippen molar-refractivity contribution >= 4 is 39.5 Å². The van der Waals surface area contributed by atoms with Gasteiger partial charge in [0, 0.05) is 25.7 Å². The quantitative estimate of drug-likeness (QED) is 0.0222. The molecule has 0 rings (SSSR count). The zero-order valence-electron chi connectivity index (χ0n) is 66.2. The van der Waals surface area contributed by atoms with E-state index in [1.807, 2.05) is 0 Å². The lowest BCUT2D eigenvalue weighted by Crippen LogP contribution is -2.30. The van der Waals surface area contributed by atoms with Gasteiger partial charge in [0.15, 0.2) is 12.2 Å². The van der Waals surface area contributed by atoms with E-state index in [0.717, 1.165) is 108 Å². The van der Waals surface area contributed by atoms with Crippen molar-refractivity contribution in [2.45, 2.75) is 452 Å². The van der Waals surface area contributed by atoms with Gasteiger partial charge in [-0.2, -0.15) is 0 Å². The van der Waals surface area contributed by atoms with E-state index in [0.29, 0.717) is 25.7 Å². The van der Waals surface area contributed by atoms with Gasteiger partial charge in [0.2, 0.25) is 0 Å². The Morgan fingerprint density at radius 2 is 0.505 bits per heavy atom. The van der Waals surface area contributed by atoms with E-state index in [-0.39, 0.29) is 25.7 Å². The SMILES string of the molecule is CCCCCCCCCCCCCCCCCCCCCC(=O)O[C@H](COC(=O)CCCCCCCCCCCCCCCC(C)C)COP(=O)(O)OC[C@@H](O)COP(=O)(O)OC[C@@H](COC(=O)CCCCCCCCC(C)CC)OC(=O)CCCCCCCCCCCCCCCCCC. The first-order chi connectivity index (χ1) is 48.9. The lowest BCUT2D eigenvalue weighted by atomic mass is 10.00. The third kappa shape index (κ3) is 74.7. The molecular weight excluding hydrogens is 1320 g/mol. The van der Waals surface area contributed by atoms with Gasteiger partial charge in [0.1, 0.15) is 19.3 Å². The molecule has 17 nitrogen and oxygen atoms in total. The Labute approximate surface area is 619 Å². The van der Waals surface area contributed by atoms with Crippen LogP contribution >= 0.6 is 15.6 Å². The number of rotatable bonds is 81. The Bertz CT molecular complexity index is 1940. The normalized spacial score (nSPS) is 14.2. The highest BCUT2D eigenvalue weighted by Gasteiger charge is 2.30. The van der Waals surface area contributed by atoms with E-state index in [4.69, 9.17) is 37.0 Å². The number of carbonyl (C=O) groups is 4. The van der Waals surface area contributed by atoms with Crippen molar-refractivity contribution in [3.8, 4) is 0 Å². The fourth-order valence-electron chi connectivity index (χ4n) is 12.7. The molecule has 101 heavy (non-hydrogen) atoms. The van der Waals surface area contributed by atoms with E-state index in [9.17, 15) is 43.2 Å². The highest BCUT2D eigenvalue weighted by Crippen LogP contribution is 2.45. The summed E-state index contributed by atoms with van der Waals surface area (Å²) in [7, 11) is -9.92. The minimum Gasteiger partial charge on any atom is -0.462 e. The second-order valence-corrected chi connectivity index (χ2v) is 33.1. The summed E-state index contributed by atoms with van der Waals surface area (Å²) >= 11 is 0. The lowest BCUT2D eigenvalue weighted by Gasteiger charge is -2.21. The summed E-state index contributed by atoms with van der Waals surface area (Å²) < 4.78 is 68.8. The Morgan fingerprint density at radius 1 is 0.287 bits per heavy atom. The van der Waals surface area contributed by atoms with Crippen molar-refractivity contribution in [1.82, 2.24) is 0 Å². The number of aliphatic hydroxyl groups excluding tert-OH is 1. The van der Waals surface area contributed by atoms with E-state index >= 15 is 0 Å². The summed E-state index contributed by atoms with van der Waals surface area (Å²) in [6.07, 6.45) is 63.8. The molecule has 0 amide bonds. The number of unbranched alkanes of at least 4 members (excludes halogenated alkanes) is 50. The van der Waals surface area contributed by atoms with Crippen LogP contribution in [-0.4, -0.2) is 96.7 Å². The predicted octanol–water partition coefficient (Wildman–Crippen LogP) is 24.7. The van der Waals surface area contributed by atoms with Crippen LogP contribution < -0.4 is 0 Å². The second-order valence-electron chi connectivity index (χ2n) is 30.2. The number of hydrogen-bond acceptors (Lipinski definition) is 15. The van der Waals surface area contributed by atoms with Crippen LogP contribution in [0.1, 0.15) is 433 Å². The summed E-state index contributed by atoms with van der Waals surface area (Å²) in [5.41, 5.74) is 0. The number of phosphoric ester groups is 2. The number of ether oxygens (including phenoxy) is 4. The monoisotopic (exact) mass is 1480 g/mol. The maximum absolute atomic E-state index is 13.1. The van der Waals surface area contributed by atoms with Crippen LogP contribution in [0.15, 0.2) is 0 Å². The predicted molar refractivity (Wildman–Crippen MR) is 414 cm³/mol. The molecule has 0 radical (unpaired) electrons. The molecule has 0 aliphatic carbocycles.